The molecule has 2 N–H and O–H groups in total. The summed E-state index contributed by atoms with van der Waals surface area (Å²) in [6.45, 7) is 0. The first-order chi connectivity index (χ1) is 4.20. The second kappa shape index (κ2) is 1.93. The summed E-state index contributed by atoms with van der Waals surface area (Å²) >= 11 is 0. The molecule has 9 heavy (non-hydrogen) atoms. The van der Waals surface area contributed by atoms with Gasteiger partial charge in [-0.2, -0.15) is 13.8 Å². The van der Waals surface area contributed by atoms with Crippen LogP contribution >= 0.6 is 0 Å². The zero-order valence-electron chi connectivity index (χ0n) is 4.31. The van der Waals surface area contributed by atoms with Crippen LogP contribution in [0.3, 0.4) is 0 Å². The summed E-state index contributed by atoms with van der Waals surface area (Å²) in [7, 11) is 0. The maximum absolute atomic E-state index is 12.0. The van der Waals surface area contributed by atoms with E-state index in [1.807, 2.05) is 0 Å². The van der Waals surface area contributed by atoms with E-state index < -0.39 is 17.7 Å². The molecule has 1 aromatic heterocycles. The van der Waals surface area contributed by atoms with E-state index >= 15 is 0 Å². The Balaban J connectivity index is 3.17. The van der Waals surface area contributed by atoms with Crippen LogP contribution in [0.15, 0.2) is 6.20 Å². The minimum absolute atomic E-state index is 0.392. The Kier molecular flexibility index (Phi) is 1.26. The Morgan fingerprint density at radius 1 is 1.44 bits per heavy atom. The van der Waals surface area contributed by atoms with Gasteiger partial charge in [-0.05, 0) is 0 Å². The van der Waals surface area contributed by atoms with Gasteiger partial charge in [0, 0.05) is 0 Å². The first-order valence-electron chi connectivity index (χ1n) is 2.13. The summed E-state index contributed by atoms with van der Waals surface area (Å²) in [5.41, 5.74) is 4.87. The Morgan fingerprint density at radius 2 is 2.11 bits per heavy atom. The molecule has 0 aliphatic rings. The van der Waals surface area contributed by atoms with E-state index in [0.717, 1.165) is 6.20 Å². The molecular formula is C4H3F2N3. The summed E-state index contributed by atoms with van der Waals surface area (Å²) in [5.74, 6) is -2.44. The molecule has 0 spiro atoms. The smallest absolute Gasteiger partial charge is 0.258 e. The highest BCUT2D eigenvalue weighted by atomic mass is 19.1. The third kappa shape index (κ3) is 1.10. The Morgan fingerprint density at radius 3 is 2.56 bits per heavy atom. The van der Waals surface area contributed by atoms with Crippen molar-refractivity contribution in [3.8, 4) is 0 Å². The summed E-state index contributed by atoms with van der Waals surface area (Å²) in [6, 6.07) is 0. The summed E-state index contributed by atoms with van der Waals surface area (Å²) in [5, 5.41) is 0. The maximum atomic E-state index is 12.0. The number of anilines is 1. The van der Waals surface area contributed by atoms with Crippen molar-refractivity contribution in [2.75, 3.05) is 5.73 Å². The molecule has 1 rings (SSSR count). The lowest BCUT2D eigenvalue weighted by atomic mass is 10.6. The molecule has 0 aliphatic carbocycles. The van der Waals surface area contributed by atoms with Crippen LogP contribution in [0.5, 0.6) is 0 Å². The lowest BCUT2D eigenvalue weighted by Gasteiger charge is -1.90. The highest BCUT2D eigenvalue weighted by Crippen LogP contribution is 2.00. The zero-order valence-corrected chi connectivity index (χ0v) is 4.31. The topological polar surface area (TPSA) is 51.8 Å². The van der Waals surface area contributed by atoms with Crippen molar-refractivity contribution in [2.45, 2.75) is 0 Å². The van der Waals surface area contributed by atoms with Gasteiger partial charge in [-0.25, -0.2) is 4.98 Å². The van der Waals surface area contributed by atoms with Crippen molar-refractivity contribution in [2.24, 2.45) is 0 Å². The van der Waals surface area contributed by atoms with Crippen molar-refractivity contribution in [3.63, 3.8) is 0 Å². The molecule has 0 radical (unpaired) electrons. The van der Waals surface area contributed by atoms with Gasteiger partial charge in [0.05, 0.1) is 6.20 Å². The van der Waals surface area contributed by atoms with E-state index in [0.29, 0.717) is 0 Å². The molecule has 0 bridgehead atoms. The fourth-order valence-corrected chi connectivity index (χ4v) is 0.356. The van der Waals surface area contributed by atoms with E-state index in [2.05, 4.69) is 9.97 Å². The van der Waals surface area contributed by atoms with Gasteiger partial charge in [0.15, 0.2) is 5.82 Å². The van der Waals surface area contributed by atoms with Crippen molar-refractivity contribution >= 4 is 5.82 Å². The molecule has 0 unspecified atom stereocenters. The second-order valence-electron chi connectivity index (χ2n) is 1.37. The fourth-order valence-electron chi connectivity index (χ4n) is 0.356. The van der Waals surface area contributed by atoms with Crippen molar-refractivity contribution in [1.82, 2.24) is 9.97 Å². The van der Waals surface area contributed by atoms with Gasteiger partial charge in [0.25, 0.3) is 5.95 Å². The van der Waals surface area contributed by atoms with E-state index in [1.165, 1.54) is 0 Å². The minimum atomic E-state index is -1.07. The quantitative estimate of drug-likeness (QED) is 0.552. The molecule has 1 aromatic rings. The van der Waals surface area contributed by atoms with Crippen LogP contribution in [-0.4, -0.2) is 9.97 Å². The lowest BCUT2D eigenvalue weighted by Crippen LogP contribution is -1.98. The zero-order chi connectivity index (χ0) is 6.85. The number of hydrogen-bond donors (Lipinski definition) is 1. The van der Waals surface area contributed by atoms with E-state index in [1.54, 1.807) is 0 Å². The van der Waals surface area contributed by atoms with Gasteiger partial charge in [0.2, 0.25) is 5.95 Å². The number of halogens is 2. The number of hydrogen-bond acceptors (Lipinski definition) is 3. The largest absolute Gasteiger partial charge is 0.380 e. The summed E-state index contributed by atoms with van der Waals surface area (Å²) in [4.78, 5) is 5.90. The molecule has 0 atom stereocenters. The Hall–Kier alpha value is -1.26. The van der Waals surface area contributed by atoms with Gasteiger partial charge in [-0.3, -0.25) is 0 Å². The number of nitrogen functional groups attached to an aromatic ring is 1. The Labute approximate surface area is 49.5 Å². The van der Waals surface area contributed by atoms with Crippen molar-refractivity contribution < 1.29 is 8.78 Å². The van der Waals surface area contributed by atoms with Gasteiger partial charge < -0.3 is 5.73 Å². The van der Waals surface area contributed by atoms with Crippen LogP contribution < -0.4 is 5.73 Å². The predicted molar refractivity (Wildman–Crippen MR) is 26.4 cm³/mol. The SMILES string of the molecule is Nc1ncc(F)nc1F. The normalized spacial score (nSPS) is 9.56. The molecule has 0 amide bonds. The van der Waals surface area contributed by atoms with E-state index in [-0.39, 0.29) is 0 Å². The highest BCUT2D eigenvalue weighted by molar-refractivity contribution is 5.23. The van der Waals surface area contributed by atoms with Crippen LogP contribution in [0.25, 0.3) is 0 Å². The van der Waals surface area contributed by atoms with Crippen molar-refractivity contribution in [3.05, 3.63) is 18.1 Å². The third-order valence-corrected chi connectivity index (χ3v) is 0.726. The number of aromatic nitrogens is 2. The van der Waals surface area contributed by atoms with Gasteiger partial charge in [-0.1, -0.05) is 0 Å². The van der Waals surface area contributed by atoms with Crippen molar-refractivity contribution in [1.29, 1.82) is 0 Å². The Bertz CT molecular complexity index is 225. The fraction of sp³-hybridized carbons (Fsp3) is 0. The predicted octanol–water partition coefficient (Wildman–Crippen LogP) is 0.337. The molecular weight excluding hydrogens is 128 g/mol. The lowest BCUT2D eigenvalue weighted by molar-refractivity contribution is 0.507. The molecule has 0 saturated heterocycles. The second-order valence-corrected chi connectivity index (χ2v) is 1.37. The van der Waals surface area contributed by atoms with Crippen LogP contribution in [0, 0.1) is 11.9 Å². The first kappa shape index (κ1) is 5.87. The van der Waals surface area contributed by atoms with Gasteiger partial charge >= 0.3 is 0 Å². The van der Waals surface area contributed by atoms with Gasteiger partial charge in [-0.15, -0.1) is 0 Å². The first-order valence-corrected chi connectivity index (χ1v) is 2.13. The molecule has 5 heteroatoms. The molecule has 0 aliphatic heterocycles. The number of rotatable bonds is 0. The minimum Gasteiger partial charge on any atom is -0.380 e. The molecule has 0 saturated carbocycles. The molecule has 3 nitrogen and oxygen atoms in total. The van der Waals surface area contributed by atoms with Crippen LogP contribution in [0.2, 0.25) is 0 Å². The van der Waals surface area contributed by atoms with Crippen LogP contribution in [-0.2, 0) is 0 Å². The van der Waals surface area contributed by atoms with Gasteiger partial charge in [0.1, 0.15) is 0 Å². The van der Waals surface area contributed by atoms with E-state index in [9.17, 15) is 8.78 Å². The van der Waals surface area contributed by atoms with Crippen LogP contribution in [0.1, 0.15) is 0 Å². The standard InChI is InChI=1S/C4H3F2N3/c5-2-1-8-4(7)3(6)9-2/h1H,(H2,7,8). The third-order valence-electron chi connectivity index (χ3n) is 0.726. The maximum Gasteiger partial charge on any atom is 0.258 e. The summed E-state index contributed by atoms with van der Waals surface area (Å²) in [6.07, 6.45) is 0.748. The molecule has 0 fully saturated rings. The molecule has 0 aromatic carbocycles. The average Bonchev–Trinajstić information content (AvgIpc) is 1.80. The van der Waals surface area contributed by atoms with Crippen LogP contribution in [0.4, 0.5) is 14.6 Å². The molecule has 48 valence electrons. The molecule has 1 heterocycles. The average molecular weight is 131 g/mol. The number of nitrogens with two attached hydrogens (primary N) is 1. The number of nitrogens with zero attached hydrogens (tertiary/aromatic N) is 2. The van der Waals surface area contributed by atoms with E-state index in [4.69, 9.17) is 5.73 Å². The summed E-state index contributed by atoms with van der Waals surface area (Å²) < 4.78 is 23.9. The monoisotopic (exact) mass is 131 g/mol. The highest BCUT2D eigenvalue weighted by Gasteiger charge is 2.00.